The molecular formula is C18H28N2O. The van der Waals surface area contributed by atoms with Gasteiger partial charge in [-0.05, 0) is 43.7 Å². The molecule has 0 saturated heterocycles. The molecule has 116 valence electrons. The maximum Gasteiger partial charge on any atom is 0.120 e. The second-order valence-corrected chi connectivity index (χ2v) is 5.54. The van der Waals surface area contributed by atoms with Gasteiger partial charge in [0.1, 0.15) is 5.75 Å². The Kier molecular flexibility index (Phi) is 6.61. The van der Waals surface area contributed by atoms with Crippen LogP contribution in [0.15, 0.2) is 30.5 Å². The molecule has 0 aliphatic carbocycles. The number of aromatic nitrogens is 1. The summed E-state index contributed by atoms with van der Waals surface area (Å²) in [4.78, 5) is 0. The zero-order valence-corrected chi connectivity index (χ0v) is 13.4. The van der Waals surface area contributed by atoms with Crippen molar-refractivity contribution in [3.8, 4) is 5.75 Å². The van der Waals surface area contributed by atoms with Crippen LogP contribution in [0.1, 0.15) is 39.5 Å². The molecule has 0 radical (unpaired) electrons. The van der Waals surface area contributed by atoms with Gasteiger partial charge in [-0.3, -0.25) is 0 Å². The van der Waals surface area contributed by atoms with Crippen molar-refractivity contribution in [2.24, 2.45) is 0 Å². The third kappa shape index (κ3) is 4.78. The molecule has 1 heterocycles. The fourth-order valence-electron chi connectivity index (χ4n) is 2.51. The molecule has 0 amide bonds. The van der Waals surface area contributed by atoms with Crippen LogP contribution in [-0.2, 0) is 6.54 Å². The first-order chi connectivity index (χ1) is 10.3. The zero-order chi connectivity index (χ0) is 14.9. The highest BCUT2D eigenvalue weighted by atomic mass is 16.5. The molecular weight excluding hydrogens is 260 g/mol. The number of rotatable bonds is 10. The Labute approximate surface area is 128 Å². The fraction of sp³-hybridized carbons (Fsp3) is 0.556. The van der Waals surface area contributed by atoms with Crippen LogP contribution in [0.2, 0.25) is 0 Å². The number of unbranched alkanes of at least 4 members (excludes halogenated alkanes) is 2. The lowest BCUT2D eigenvalue weighted by Gasteiger charge is -2.08. The van der Waals surface area contributed by atoms with E-state index in [1.165, 1.54) is 30.2 Å². The van der Waals surface area contributed by atoms with E-state index in [2.05, 4.69) is 54.2 Å². The minimum Gasteiger partial charge on any atom is -0.494 e. The normalized spacial score (nSPS) is 11.1. The van der Waals surface area contributed by atoms with Gasteiger partial charge in [0.05, 0.1) is 6.61 Å². The average molecular weight is 288 g/mol. The minimum atomic E-state index is 0.786. The molecule has 0 spiro atoms. The summed E-state index contributed by atoms with van der Waals surface area (Å²) >= 11 is 0. The summed E-state index contributed by atoms with van der Waals surface area (Å²) in [5.74, 6) is 0.972. The standard InChI is InChI=1S/C18H28N2O/c1-3-5-6-10-19-11-13-20-12-9-16-15-17(21-14-4-2)7-8-18(16)20/h7-9,12,15,19H,3-6,10-11,13-14H2,1-2H3. The number of nitrogens with one attached hydrogen (secondary N) is 1. The second-order valence-electron chi connectivity index (χ2n) is 5.54. The molecule has 1 aromatic carbocycles. The van der Waals surface area contributed by atoms with Gasteiger partial charge in [0.2, 0.25) is 0 Å². The molecule has 3 nitrogen and oxygen atoms in total. The lowest BCUT2D eigenvalue weighted by molar-refractivity contribution is 0.318. The third-order valence-electron chi connectivity index (χ3n) is 3.70. The van der Waals surface area contributed by atoms with Crippen LogP contribution < -0.4 is 10.1 Å². The van der Waals surface area contributed by atoms with Gasteiger partial charge in [-0.1, -0.05) is 26.7 Å². The molecule has 0 fully saturated rings. The van der Waals surface area contributed by atoms with Crippen LogP contribution in [-0.4, -0.2) is 24.3 Å². The lowest BCUT2D eigenvalue weighted by atomic mass is 10.2. The van der Waals surface area contributed by atoms with Crippen molar-refractivity contribution in [1.29, 1.82) is 0 Å². The van der Waals surface area contributed by atoms with Crippen molar-refractivity contribution in [3.63, 3.8) is 0 Å². The number of benzene rings is 1. The van der Waals surface area contributed by atoms with Crippen molar-refractivity contribution < 1.29 is 4.74 Å². The Morgan fingerprint density at radius 1 is 1.05 bits per heavy atom. The number of fused-ring (bicyclic) bond motifs is 1. The fourth-order valence-corrected chi connectivity index (χ4v) is 2.51. The molecule has 2 aromatic rings. The highest BCUT2D eigenvalue weighted by Gasteiger charge is 2.02. The van der Waals surface area contributed by atoms with Gasteiger partial charge in [0.15, 0.2) is 0 Å². The van der Waals surface area contributed by atoms with E-state index in [1.807, 2.05) is 0 Å². The summed E-state index contributed by atoms with van der Waals surface area (Å²) in [5, 5.41) is 4.78. The maximum atomic E-state index is 5.69. The van der Waals surface area contributed by atoms with Crippen molar-refractivity contribution in [1.82, 2.24) is 9.88 Å². The van der Waals surface area contributed by atoms with Crippen LogP contribution >= 0.6 is 0 Å². The highest BCUT2D eigenvalue weighted by molar-refractivity contribution is 5.81. The van der Waals surface area contributed by atoms with Crippen LogP contribution in [0.5, 0.6) is 5.75 Å². The number of ether oxygens (including phenoxy) is 1. The number of hydrogen-bond acceptors (Lipinski definition) is 2. The molecule has 0 aliphatic rings. The molecule has 21 heavy (non-hydrogen) atoms. The molecule has 1 N–H and O–H groups in total. The Morgan fingerprint density at radius 2 is 1.95 bits per heavy atom. The summed E-state index contributed by atoms with van der Waals surface area (Å²) in [7, 11) is 0. The molecule has 0 unspecified atom stereocenters. The minimum absolute atomic E-state index is 0.786. The summed E-state index contributed by atoms with van der Waals surface area (Å²) in [6.07, 6.45) is 7.10. The van der Waals surface area contributed by atoms with E-state index in [0.717, 1.165) is 38.4 Å². The van der Waals surface area contributed by atoms with E-state index < -0.39 is 0 Å². The van der Waals surface area contributed by atoms with E-state index in [-0.39, 0.29) is 0 Å². The van der Waals surface area contributed by atoms with Crippen molar-refractivity contribution in [2.45, 2.75) is 46.1 Å². The smallest absolute Gasteiger partial charge is 0.120 e. The topological polar surface area (TPSA) is 26.2 Å². The van der Waals surface area contributed by atoms with E-state index in [1.54, 1.807) is 0 Å². The molecule has 2 rings (SSSR count). The Balaban J connectivity index is 1.86. The van der Waals surface area contributed by atoms with E-state index >= 15 is 0 Å². The SMILES string of the molecule is CCCCCNCCn1ccc2cc(OCCC)ccc21. The van der Waals surface area contributed by atoms with Crippen LogP contribution in [0.4, 0.5) is 0 Å². The third-order valence-corrected chi connectivity index (χ3v) is 3.70. The van der Waals surface area contributed by atoms with Gasteiger partial charge >= 0.3 is 0 Å². The van der Waals surface area contributed by atoms with Crippen molar-refractivity contribution >= 4 is 10.9 Å². The summed E-state index contributed by atoms with van der Waals surface area (Å²) in [6, 6.07) is 8.54. The highest BCUT2D eigenvalue weighted by Crippen LogP contribution is 2.22. The second kappa shape index (κ2) is 8.73. The van der Waals surface area contributed by atoms with E-state index in [4.69, 9.17) is 4.74 Å². The van der Waals surface area contributed by atoms with Gasteiger partial charge in [-0.25, -0.2) is 0 Å². The molecule has 0 saturated carbocycles. The predicted molar refractivity (Wildman–Crippen MR) is 90.1 cm³/mol. The van der Waals surface area contributed by atoms with Gasteiger partial charge in [-0.15, -0.1) is 0 Å². The predicted octanol–water partition coefficient (Wildman–Crippen LogP) is 4.21. The van der Waals surface area contributed by atoms with Crippen LogP contribution in [0, 0.1) is 0 Å². The molecule has 0 atom stereocenters. The van der Waals surface area contributed by atoms with E-state index in [9.17, 15) is 0 Å². The number of hydrogen-bond donors (Lipinski definition) is 1. The summed E-state index contributed by atoms with van der Waals surface area (Å²) < 4.78 is 8.00. The van der Waals surface area contributed by atoms with Crippen LogP contribution in [0.3, 0.4) is 0 Å². The molecule has 0 aliphatic heterocycles. The monoisotopic (exact) mass is 288 g/mol. The first-order valence-corrected chi connectivity index (χ1v) is 8.27. The summed E-state index contributed by atoms with van der Waals surface area (Å²) in [5.41, 5.74) is 1.29. The largest absolute Gasteiger partial charge is 0.494 e. The first-order valence-electron chi connectivity index (χ1n) is 8.27. The average Bonchev–Trinajstić information content (AvgIpc) is 2.91. The zero-order valence-electron chi connectivity index (χ0n) is 13.4. The van der Waals surface area contributed by atoms with E-state index in [0.29, 0.717) is 0 Å². The van der Waals surface area contributed by atoms with Gasteiger partial charge in [0.25, 0.3) is 0 Å². The van der Waals surface area contributed by atoms with Gasteiger partial charge < -0.3 is 14.6 Å². The molecule has 3 heteroatoms. The maximum absolute atomic E-state index is 5.69. The Morgan fingerprint density at radius 3 is 2.76 bits per heavy atom. The van der Waals surface area contributed by atoms with Crippen molar-refractivity contribution in [2.75, 3.05) is 19.7 Å². The molecule has 1 aromatic heterocycles. The van der Waals surface area contributed by atoms with Crippen molar-refractivity contribution in [3.05, 3.63) is 30.5 Å². The Bertz CT molecular complexity index is 533. The quantitative estimate of drug-likeness (QED) is 0.663. The first kappa shape index (κ1) is 15.9. The van der Waals surface area contributed by atoms with Gasteiger partial charge in [-0.2, -0.15) is 0 Å². The lowest BCUT2D eigenvalue weighted by Crippen LogP contribution is -2.20. The number of nitrogens with zero attached hydrogens (tertiary/aromatic N) is 1. The molecule has 0 bridgehead atoms. The Hall–Kier alpha value is -1.48. The van der Waals surface area contributed by atoms with Gasteiger partial charge in [0, 0.05) is 30.2 Å². The van der Waals surface area contributed by atoms with Crippen LogP contribution in [0.25, 0.3) is 10.9 Å². The summed E-state index contributed by atoms with van der Waals surface area (Å²) in [6.45, 7) is 8.33.